The highest BCUT2D eigenvalue weighted by Crippen LogP contribution is 2.41. The number of rotatable bonds is 11. The molecule has 2 heterocycles. The van der Waals surface area contributed by atoms with Crippen LogP contribution in [0.15, 0.2) is 72.8 Å². The van der Waals surface area contributed by atoms with Crippen LogP contribution in [0.25, 0.3) is 22.3 Å². The standard InChI is InChI=1S/C23H29ClFN.C22H27ClFN/c1-3-4-5-17-6-8-18(9-7-17)16(2)19-10-12-20(13-11-19)21-14-15-22(24)26-23(21)25;1-3-4-16-5-7-17(8-6-16)15(2)18-9-11-19(12-10-18)20-13-14-21(23)25-22(20)24/h10-18H,3-9H2,1-2H3;9-17H,3-8H2,1-2H3. The average Bonchev–Trinajstić information content (AvgIpc) is 3.15. The van der Waals surface area contributed by atoms with Gasteiger partial charge in [0.05, 0.1) is 0 Å². The largest absolute Gasteiger partial charge is 0.222 e. The molecule has 2 aromatic heterocycles. The van der Waals surface area contributed by atoms with Crippen LogP contribution in [0.4, 0.5) is 8.78 Å². The zero-order valence-electron chi connectivity index (χ0n) is 31.0. The van der Waals surface area contributed by atoms with Crippen molar-refractivity contribution in [2.24, 2.45) is 23.7 Å². The highest BCUT2D eigenvalue weighted by molar-refractivity contribution is 6.29. The number of hydrogen-bond acceptors (Lipinski definition) is 2. The zero-order chi connectivity index (χ0) is 36.3. The van der Waals surface area contributed by atoms with Crippen molar-refractivity contribution < 1.29 is 8.78 Å². The predicted octanol–water partition coefficient (Wildman–Crippen LogP) is 14.9. The Labute approximate surface area is 315 Å². The lowest BCUT2D eigenvalue weighted by molar-refractivity contribution is 0.237. The lowest BCUT2D eigenvalue weighted by Gasteiger charge is -2.32. The minimum Gasteiger partial charge on any atom is -0.207 e. The van der Waals surface area contributed by atoms with E-state index in [1.54, 1.807) is 24.3 Å². The Hall–Kier alpha value is -2.82. The first-order valence-corrected chi connectivity index (χ1v) is 20.3. The number of aromatic nitrogens is 2. The molecule has 51 heavy (non-hydrogen) atoms. The van der Waals surface area contributed by atoms with E-state index in [-0.39, 0.29) is 10.3 Å². The average molecular weight is 734 g/mol. The SMILES string of the molecule is CCCC1CCC(C(C)c2ccc(-c3ccc(Cl)nc3F)cc2)CC1.CCCCC1CCC(C(C)c2ccc(-c3ccc(Cl)nc3F)cc2)CC1. The number of benzene rings is 2. The molecule has 0 aliphatic heterocycles. The predicted molar refractivity (Wildman–Crippen MR) is 211 cm³/mol. The van der Waals surface area contributed by atoms with E-state index < -0.39 is 11.9 Å². The zero-order valence-corrected chi connectivity index (χ0v) is 32.5. The van der Waals surface area contributed by atoms with Crippen molar-refractivity contribution in [3.05, 3.63) is 106 Å². The van der Waals surface area contributed by atoms with E-state index in [1.807, 2.05) is 24.3 Å². The highest BCUT2D eigenvalue weighted by Gasteiger charge is 2.27. The number of halogens is 4. The second-order valence-corrected chi connectivity index (χ2v) is 16.0. The molecule has 0 spiro atoms. The van der Waals surface area contributed by atoms with Crippen LogP contribution in [-0.2, 0) is 0 Å². The van der Waals surface area contributed by atoms with Crippen LogP contribution in [0, 0.1) is 35.6 Å². The molecule has 2 atom stereocenters. The van der Waals surface area contributed by atoms with E-state index in [2.05, 4.69) is 61.9 Å². The Kier molecular flexibility index (Phi) is 14.9. The molecular weight excluding hydrogens is 677 g/mol. The van der Waals surface area contributed by atoms with Crippen LogP contribution >= 0.6 is 23.2 Å². The Balaban J connectivity index is 0.000000198. The Morgan fingerprint density at radius 2 is 0.941 bits per heavy atom. The monoisotopic (exact) mass is 732 g/mol. The third-order valence-corrected chi connectivity index (χ3v) is 12.4. The van der Waals surface area contributed by atoms with Gasteiger partial charge in [0.2, 0.25) is 11.9 Å². The quantitative estimate of drug-likeness (QED) is 0.143. The van der Waals surface area contributed by atoms with Crippen molar-refractivity contribution in [1.82, 2.24) is 9.97 Å². The van der Waals surface area contributed by atoms with Gasteiger partial charge in [0.25, 0.3) is 0 Å². The lowest BCUT2D eigenvalue weighted by Crippen LogP contribution is -2.19. The fourth-order valence-corrected chi connectivity index (χ4v) is 8.86. The fraction of sp³-hybridized carbons (Fsp3) is 0.511. The van der Waals surface area contributed by atoms with Gasteiger partial charge in [-0.25, -0.2) is 9.97 Å². The molecule has 0 N–H and O–H groups in total. The molecule has 2 aliphatic carbocycles. The van der Waals surface area contributed by atoms with Gasteiger partial charge in [-0.05, 0) is 108 Å². The minimum atomic E-state index is -0.512. The molecule has 0 radical (unpaired) electrons. The molecule has 2 nitrogen and oxygen atoms in total. The van der Waals surface area contributed by atoms with Crippen molar-refractivity contribution in [1.29, 1.82) is 0 Å². The van der Waals surface area contributed by atoms with Gasteiger partial charge >= 0.3 is 0 Å². The first kappa shape index (κ1) is 39.4. The normalized spacial score (nSPS) is 21.7. The van der Waals surface area contributed by atoms with Crippen molar-refractivity contribution >= 4 is 23.2 Å². The molecule has 274 valence electrons. The summed E-state index contributed by atoms with van der Waals surface area (Å²) in [6.07, 6.45) is 17.7. The molecule has 4 aromatic rings. The van der Waals surface area contributed by atoms with Gasteiger partial charge in [-0.15, -0.1) is 0 Å². The summed E-state index contributed by atoms with van der Waals surface area (Å²) < 4.78 is 28.0. The van der Waals surface area contributed by atoms with E-state index in [4.69, 9.17) is 23.2 Å². The number of nitrogens with zero attached hydrogens (tertiary/aromatic N) is 2. The number of hydrogen-bond donors (Lipinski definition) is 0. The fourth-order valence-electron chi connectivity index (χ4n) is 8.59. The summed E-state index contributed by atoms with van der Waals surface area (Å²) in [6, 6.07) is 23.3. The van der Waals surface area contributed by atoms with Gasteiger partial charge in [-0.3, -0.25) is 0 Å². The maximum absolute atomic E-state index is 14.0. The maximum Gasteiger partial charge on any atom is 0.222 e. The van der Waals surface area contributed by atoms with Gasteiger partial charge in [-0.2, -0.15) is 8.78 Å². The molecule has 6 heteroatoms. The number of pyridine rings is 2. The van der Waals surface area contributed by atoms with Crippen LogP contribution in [0.3, 0.4) is 0 Å². The third-order valence-electron chi connectivity index (χ3n) is 12.0. The molecule has 2 fully saturated rings. The van der Waals surface area contributed by atoms with Gasteiger partial charge < -0.3 is 0 Å². The van der Waals surface area contributed by atoms with E-state index in [0.717, 1.165) is 34.8 Å². The topological polar surface area (TPSA) is 25.8 Å². The van der Waals surface area contributed by atoms with Gasteiger partial charge in [0, 0.05) is 11.1 Å². The van der Waals surface area contributed by atoms with Crippen LogP contribution in [0.1, 0.15) is 134 Å². The molecular formula is C45H56Cl2F2N2. The highest BCUT2D eigenvalue weighted by atomic mass is 35.5. The van der Waals surface area contributed by atoms with E-state index >= 15 is 0 Å². The van der Waals surface area contributed by atoms with Crippen molar-refractivity contribution in [2.45, 2.75) is 123 Å². The van der Waals surface area contributed by atoms with Crippen LogP contribution < -0.4 is 0 Å². The van der Waals surface area contributed by atoms with E-state index in [9.17, 15) is 8.78 Å². The molecule has 6 rings (SSSR count). The summed E-state index contributed by atoms with van der Waals surface area (Å²) in [5.74, 6) is 3.53. The van der Waals surface area contributed by atoms with Gasteiger partial charge in [0.1, 0.15) is 10.3 Å². The second kappa shape index (κ2) is 19.3. The lowest BCUT2D eigenvalue weighted by atomic mass is 9.73. The van der Waals surface area contributed by atoms with Gasteiger partial charge in [0.15, 0.2) is 0 Å². The molecule has 2 aliphatic rings. The van der Waals surface area contributed by atoms with Crippen LogP contribution in [-0.4, -0.2) is 9.97 Å². The second-order valence-electron chi connectivity index (χ2n) is 15.3. The molecule has 0 amide bonds. The summed E-state index contributed by atoms with van der Waals surface area (Å²) in [6.45, 7) is 9.25. The third kappa shape index (κ3) is 10.9. The summed E-state index contributed by atoms with van der Waals surface area (Å²) in [7, 11) is 0. The molecule has 0 saturated heterocycles. The van der Waals surface area contributed by atoms with E-state index in [0.29, 0.717) is 23.0 Å². The van der Waals surface area contributed by atoms with E-state index in [1.165, 1.54) is 94.6 Å². The molecule has 2 saturated carbocycles. The smallest absolute Gasteiger partial charge is 0.207 e. The number of unbranched alkanes of at least 4 members (excludes halogenated alkanes) is 1. The summed E-state index contributed by atoms with van der Waals surface area (Å²) in [4.78, 5) is 7.41. The van der Waals surface area contributed by atoms with Crippen molar-refractivity contribution in [3.8, 4) is 22.3 Å². The van der Waals surface area contributed by atoms with Crippen LogP contribution in [0.5, 0.6) is 0 Å². The summed E-state index contributed by atoms with van der Waals surface area (Å²) >= 11 is 11.5. The first-order chi connectivity index (χ1) is 24.7. The molecule has 2 aromatic carbocycles. The Morgan fingerprint density at radius 3 is 1.29 bits per heavy atom. The summed E-state index contributed by atoms with van der Waals surface area (Å²) in [5.41, 5.74) is 5.42. The van der Waals surface area contributed by atoms with Gasteiger partial charge in [-0.1, -0.05) is 157 Å². The van der Waals surface area contributed by atoms with Crippen molar-refractivity contribution in [3.63, 3.8) is 0 Å². The maximum atomic E-state index is 14.0. The molecule has 2 unspecified atom stereocenters. The minimum absolute atomic E-state index is 0.185. The van der Waals surface area contributed by atoms with Crippen molar-refractivity contribution in [2.75, 3.05) is 0 Å². The first-order valence-electron chi connectivity index (χ1n) is 19.5. The summed E-state index contributed by atoms with van der Waals surface area (Å²) in [5, 5.41) is 0.371. The van der Waals surface area contributed by atoms with Crippen LogP contribution in [0.2, 0.25) is 10.3 Å². The Morgan fingerprint density at radius 1 is 0.549 bits per heavy atom. The molecule has 0 bridgehead atoms. The Bertz CT molecular complexity index is 1640.